The summed E-state index contributed by atoms with van der Waals surface area (Å²) in [6, 6.07) is -0.630. The highest BCUT2D eigenvalue weighted by Crippen LogP contribution is 2.27. The van der Waals surface area contributed by atoms with Crippen molar-refractivity contribution in [2.24, 2.45) is 0 Å². The Hall–Kier alpha value is -1.19. The molecule has 3 aliphatic heterocycles. The van der Waals surface area contributed by atoms with Crippen LogP contribution in [0.3, 0.4) is 0 Å². The fraction of sp³-hybridized carbons (Fsp3) is 0.875. The number of fused-ring (bicyclic) bond motifs is 1. The van der Waals surface area contributed by atoms with Gasteiger partial charge in [-0.3, -0.25) is 14.5 Å². The average Bonchev–Trinajstić information content (AvgIpc) is 2.75. The molecule has 25 heavy (non-hydrogen) atoms. The van der Waals surface area contributed by atoms with Gasteiger partial charge in [0.15, 0.2) is 9.84 Å². The molecule has 0 bridgehead atoms. The van der Waals surface area contributed by atoms with E-state index in [0.717, 1.165) is 19.3 Å². The van der Waals surface area contributed by atoms with Crippen molar-refractivity contribution >= 4 is 21.7 Å². The van der Waals surface area contributed by atoms with Crippen molar-refractivity contribution in [1.82, 2.24) is 14.7 Å². The number of carbonyl (C=O) groups excluding carboxylic acids is 2. The Morgan fingerprint density at radius 2 is 1.84 bits per heavy atom. The van der Waals surface area contributed by atoms with Gasteiger partial charge in [0.1, 0.15) is 0 Å². The second kappa shape index (κ2) is 7.59. The van der Waals surface area contributed by atoms with Crippen molar-refractivity contribution in [1.29, 1.82) is 0 Å². The lowest BCUT2D eigenvalue weighted by atomic mass is 10.0. The summed E-state index contributed by atoms with van der Waals surface area (Å²) in [5, 5.41) is 9.20. The van der Waals surface area contributed by atoms with Gasteiger partial charge < -0.3 is 14.9 Å². The van der Waals surface area contributed by atoms with Gasteiger partial charge >= 0.3 is 0 Å². The second-order valence-electron chi connectivity index (χ2n) is 7.18. The Morgan fingerprint density at radius 1 is 1.08 bits per heavy atom. The van der Waals surface area contributed by atoms with Crippen molar-refractivity contribution in [3.63, 3.8) is 0 Å². The van der Waals surface area contributed by atoms with Crippen LogP contribution in [-0.4, -0.2) is 103 Å². The normalized spacial score (nSPS) is 30.2. The van der Waals surface area contributed by atoms with E-state index in [0.29, 0.717) is 32.6 Å². The van der Waals surface area contributed by atoms with Crippen LogP contribution in [0, 0.1) is 0 Å². The molecule has 1 N–H and O–H groups in total. The van der Waals surface area contributed by atoms with Gasteiger partial charge in [0.05, 0.1) is 30.7 Å². The van der Waals surface area contributed by atoms with Crippen LogP contribution in [0.2, 0.25) is 0 Å². The van der Waals surface area contributed by atoms with Crippen molar-refractivity contribution in [2.75, 3.05) is 50.8 Å². The van der Waals surface area contributed by atoms with E-state index in [4.69, 9.17) is 0 Å². The number of hydrogen-bond acceptors (Lipinski definition) is 6. The molecule has 3 rings (SSSR count). The molecule has 0 radical (unpaired) electrons. The van der Waals surface area contributed by atoms with E-state index in [9.17, 15) is 23.1 Å². The average molecular weight is 373 g/mol. The Kier molecular flexibility index (Phi) is 5.65. The van der Waals surface area contributed by atoms with Crippen LogP contribution in [0.5, 0.6) is 0 Å². The fourth-order valence-corrected chi connectivity index (χ4v) is 6.21. The number of aliphatic hydroxyl groups is 1. The van der Waals surface area contributed by atoms with E-state index < -0.39 is 9.84 Å². The van der Waals surface area contributed by atoms with E-state index in [1.54, 1.807) is 9.80 Å². The quantitative estimate of drug-likeness (QED) is 0.657. The van der Waals surface area contributed by atoms with Crippen LogP contribution < -0.4 is 0 Å². The molecule has 0 aromatic rings. The molecule has 0 aromatic heterocycles. The molecule has 0 aliphatic carbocycles. The molecule has 0 saturated carbocycles. The van der Waals surface area contributed by atoms with E-state index in [2.05, 4.69) is 0 Å². The molecule has 0 unspecified atom stereocenters. The topological polar surface area (TPSA) is 98.2 Å². The van der Waals surface area contributed by atoms with Gasteiger partial charge in [0.2, 0.25) is 11.8 Å². The van der Waals surface area contributed by atoms with Gasteiger partial charge in [-0.1, -0.05) is 6.42 Å². The maximum atomic E-state index is 12.8. The number of rotatable bonds is 4. The number of hydrogen-bond donors (Lipinski definition) is 1. The maximum absolute atomic E-state index is 12.8. The lowest BCUT2D eigenvalue weighted by Gasteiger charge is -2.44. The van der Waals surface area contributed by atoms with E-state index in [1.165, 1.54) is 0 Å². The molecule has 9 heteroatoms. The SMILES string of the molecule is O=C1CCCCCN1CC(=O)N1CCN(CCO)[C@H]2CS(=O)(=O)C[C@H]21. The first-order valence-corrected chi connectivity index (χ1v) is 10.9. The lowest BCUT2D eigenvalue weighted by Crippen LogP contribution is -2.62. The Labute approximate surface area is 148 Å². The summed E-state index contributed by atoms with van der Waals surface area (Å²) in [6.07, 6.45) is 3.26. The van der Waals surface area contributed by atoms with E-state index >= 15 is 0 Å². The molecule has 2 amide bonds. The number of sulfone groups is 1. The van der Waals surface area contributed by atoms with E-state index in [1.807, 2.05) is 4.90 Å². The van der Waals surface area contributed by atoms with Gasteiger partial charge in [0.25, 0.3) is 0 Å². The van der Waals surface area contributed by atoms with Crippen molar-refractivity contribution < 1.29 is 23.1 Å². The van der Waals surface area contributed by atoms with Gasteiger partial charge in [-0.05, 0) is 12.8 Å². The van der Waals surface area contributed by atoms with Crippen LogP contribution in [0.4, 0.5) is 0 Å². The summed E-state index contributed by atoms with van der Waals surface area (Å²) in [5.74, 6) is -0.144. The van der Waals surface area contributed by atoms with Crippen molar-refractivity contribution in [3.05, 3.63) is 0 Å². The predicted molar refractivity (Wildman–Crippen MR) is 91.6 cm³/mol. The predicted octanol–water partition coefficient (Wildman–Crippen LogP) is -1.31. The summed E-state index contributed by atoms with van der Waals surface area (Å²) in [5.41, 5.74) is 0. The third-order valence-corrected chi connectivity index (χ3v) is 7.19. The minimum absolute atomic E-state index is 0.0142. The highest BCUT2D eigenvalue weighted by Gasteiger charge is 2.47. The number of nitrogens with zero attached hydrogens (tertiary/aromatic N) is 3. The highest BCUT2D eigenvalue weighted by atomic mass is 32.2. The Morgan fingerprint density at radius 3 is 2.60 bits per heavy atom. The molecule has 0 spiro atoms. The monoisotopic (exact) mass is 373 g/mol. The lowest BCUT2D eigenvalue weighted by molar-refractivity contribution is -0.143. The third kappa shape index (κ3) is 4.15. The highest BCUT2D eigenvalue weighted by molar-refractivity contribution is 7.91. The molecule has 3 fully saturated rings. The van der Waals surface area contributed by atoms with Crippen LogP contribution in [0.1, 0.15) is 25.7 Å². The second-order valence-corrected chi connectivity index (χ2v) is 9.34. The number of carbonyl (C=O) groups is 2. The van der Waals surface area contributed by atoms with Crippen molar-refractivity contribution in [3.8, 4) is 0 Å². The first kappa shape index (κ1) is 18.6. The molecular formula is C16H27N3O5S. The summed E-state index contributed by atoms with van der Waals surface area (Å²) in [4.78, 5) is 30.2. The first-order chi connectivity index (χ1) is 11.9. The Balaban J connectivity index is 1.71. The van der Waals surface area contributed by atoms with Crippen LogP contribution in [0.15, 0.2) is 0 Å². The zero-order chi connectivity index (χ0) is 18.0. The molecule has 3 heterocycles. The molecule has 142 valence electrons. The minimum Gasteiger partial charge on any atom is -0.395 e. The molecule has 8 nitrogen and oxygen atoms in total. The Bertz CT molecular complexity index is 623. The van der Waals surface area contributed by atoms with Gasteiger partial charge in [-0.15, -0.1) is 0 Å². The molecule has 3 saturated heterocycles. The van der Waals surface area contributed by atoms with Crippen LogP contribution >= 0.6 is 0 Å². The molecule has 2 atom stereocenters. The fourth-order valence-electron chi connectivity index (χ4n) is 4.20. The zero-order valence-corrected chi connectivity index (χ0v) is 15.3. The standard InChI is InChI=1S/C16H27N3O5S/c20-9-8-17-6-7-19(14-12-25(23,24)11-13(14)17)16(22)10-18-5-3-1-2-4-15(18)21/h13-14,20H,1-12H2/t13-,14+/m0/s1. The smallest absolute Gasteiger partial charge is 0.242 e. The van der Waals surface area contributed by atoms with Crippen LogP contribution in [-0.2, 0) is 19.4 Å². The maximum Gasteiger partial charge on any atom is 0.242 e. The van der Waals surface area contributed by atoms with Gasteiger partial charge in [0, 0.05) is 38.6 Å². The summed E-state index contributed by atoms with van der Waals surface area (Å²) in [7, 11) is -3.19. The number of likely N-dealkylation sites (tertiary alicyclic amines) is 1. The van der Waals surface area contributed by atoms with Crippen LogP contribution in [0.25, 0.3) is 0 Å². The first-order valence-electron chi connectivity index (χ1n) is 9.04. The van der Waals surface area contributed by atoms with E-state index in [-0.39, 0.29) is 48.6 Å². The van der Waals surface area contributed by atoms with Crippen molar-refractivity contribution in [2.45, 2.75) is 37.8 Å². The summed E-state index contributed by atoms with van der Waals surface area (Å²) < 4.78 is 24.2. The van der Waals surface area contributed by atoms with Gasteiger partial charge in [-0.25, -0.2) is 8.42 Å². The number of aliphatic hydroxyl groups excluding tert-OH is 1. The molecular weight excluding hydrogens is 346 g/mol. The molecule has 0 aromatic carbocycles. The zero-order valence-electron chi connectivity index (χ0n) is 14.5. The minimum atomic E-state index is -3.19. The number of piperazine rings is 1. The third-order valence-electron chi connectivity index (χ3n) is 5.50. The van der Waals surface area contributed by atoms with Gasteiger partial charge in [-0.2, -0.15) is 0 Å². The summed E-state index contributed by atoms with van der Waals surface area (Å²) in [6.45, 7) is 2.03. The molecule has 3 aliphatic rings. The number of amides is 2. The number of β-amino-alcohol motifs (C(OH)–C–C–N with tert-alkyl or cyclic N) is 1. The largest absolute Gasteiger partial charge is 0.395 e. The summed E-state index contributed by atoms with van der Waals surface area (Å²) >= 11 is 0.